The minimum Gasteiger partial charge on any atom is -0.383 e. The third kappa shape index (κ3) is 5.63. The average Bonchev–Trinajstić information content (AvgIpc) is 3.35. The van der Waals surface area contributed by atoms with Gasteiger partial charge in [-0.2, -0.15) is 5.26 Å². The molecule has 0 amide bonds. The molecular formula is C30H36BN7. The van der Waals surface area contributed by atoms with Gasteiger partial charge in [-0.3, -0.25) is 9.99 Å². The third-order valence-electron chi connectivity index (χ3n) is 6.61. The fourth-order valence-electron chi connectivity index (χ4n) is 4.61. The first-order valence-corrected chi connectivity index (χ1v) is 12.9. The molecule has 2 heterocycles. The minimum atomic E-state index is -1.07. The van der Waals surface area contributed by atoms with E-state index < -0.39 is 5.44 Å². The van der Waals surface area contributed by atoms with Gasteiger partial charge in [0, 0.05) is 36.6 Å². The van der Waals surface area contributed by atoms with Crippen LogP contribution in [0.5, 0.6) is 0 Å². The van der Waals surface area contributed by atoms with Crippen LogP contribution in [0.1, 0.15) is 49.4 Å². The van der Waals surface area contributed by atoms with Crippen molar-refractivity contribution in [2.24, 2.45) is 5.41 Å². The number of aryl methyl sites for hydroxylation is 2. The predicted molar refractivity (Wildman–Crippen MR) is 157 cm³/mol. The van der Waals surface area contributed by atoms with Crippen molar-refractivity contribution in [2.45, 2.75) is 46.5 Å². The summed E-state index contributed by atoms with van der Waals surface area (Å²) in [6.45, 7) is 15.8. The number of hydrogen-bond acceptors (Lipinski definition) is 7. The van der Waals surface area contributed by atoms with Crippen molar-refractivity contribution in [3.05, 3.63) is 89.4 Å². The van der Waals surface area contributed by atoms with E-state index in [1.807, 2.05) is 54.5 Å². The quantitative estimate of drug-likeness (QED) is 0.230. The van der Waals surface area contributed by atoms with Crippen molar-refractivity contribution in [3.8, 4) is 6.07 Å². The van der Waals surface area contributed by atoms with Crippen LogP contribution in [-0.2, 0) is 5.44 Å². The maximum absolute atomic E-state index is 9.84. The zero-order valence-corrected chi connectivity index (χ0v) is 22.9. The topological polar surface area (TPSA) is 88.0 Å². The SMILES string of the molecule is [B][C@@](Nc1cc(C)c2ncc(C#N)c(NCC(C)(C)C)c2c1)(C1=CN(CCC=C)NN1)c1ccccc1C. The number of pyridine rings is 1. The smallest absolute Gasteiger partial charge is 0.119 e. The van der Waals surface area contributed by atoms with E-state index in [1.165, 1.54) is 0 Å². The molecule has 3 aromatic rings. The number of anilines is 2. The number of rotatable bonds is 9. The Morgan fingerprint density at radius 2 is 1.95 bits per heavy atom. The van der Waals surface area contributed by atoms with Gasteiger partial charge in [-0.15, -0.1) is 12.1 Å². The molecule has 7 nitrogen and oxygen atoms in total. The van der Waals surface area contributed by atoms with E-state index in [9.17, 15) is 5.26 Å². The van der Waals surface area contributed by atoms with Crippen LogP contribution < -0.4 is 21.6 Å². The molecule has 1 aromatic heterocycles. The fourth-order valence-corrected chi connectivity index (χ4v) is 4.61. The number of aromatic nitrogens is 1. The van der Waals surface area contributed by atoms with E-state index in [-0.39, 0.29) is 5.41 Å². The van der Waals surface area contributed by atoms with Crippen LogP contribution in [0.4, 0.5) is 11.4 Å². The van der Waals surface area contributed by atoms with Crippen molar-refractivity contribution in [2.75, 3.05) is 23.7 Å². The molecule has 38 heavy (non-hydrogen) atoms. The molecule has 4 N–H and O–H groups in total. The van der Waals surface area contributed by atoms with Crippen LogP contribution in [0.25, 0.3) is 10.9 Å². The zero-order chi connectivity index (χ0) is 27.5. The van der Waals surface area contributed by atoms with Gasteiger partial charge in [0.25, 0.3) is 0 Å². The Kier molecular flexibility index (Phi) is 7.70. The first-order chi connectivity index (χ1) is 18.1. The molecule has 1 aliphatic heterocycles. The Morgan fingerprint density at radius 3 is 2.63 bits per heavy atom. The summed E-state index contributed by atoms with van der Waals surface area (Å²) in [6, 6.07) is 14.5. The van der Waals surface area contributed by atoms with Crippen LogP contribution in [0.2, 0.25) is 0 Å². The number of nitrogens with zero attached hydrogens (tertiary/aromatic N) is 3. The third-order valence-corrected chi connectivity index (χ3v) is 6.61. The standard InChI is InChI=1S/C30H36BN7/c1-7-8-13-38-18-26(36-37-38)30(31,25-12-10-9-11-20(25)2)35-23-14-21(3)27-24(15-23)28(22(16-32)17-33-27)34-19-29(4,5)6/h7,9-12,14-15,17-18,35-37H,1,8,13,19H2,2-6H3,(H,33,34)/t30-/m0/s1. The molecule has 0 saturated carbocycles. The summed E-state index contributed by atoms with van der Waals surface area (Å²) in [4.78, 5) is 4.61. The Bertz CT molecular complexity index is 1420. The first kappa shape index (κ1) is 27.1. The second-order valence-corrected chi connectivity index (χ2v) is 11.1. The van der Waals surface area contributed by atoms with Crippen molar-refractivity contribution >= 4 is 30.1 Å². The van der Waals surface area contributed by atoms with Crippen LogP contribution in [0.15, 0.2) is 67.1 Å². The highest BCUT2D eigenvalue weighted by atomic mass is 15.7. The van der Waals surface area contributed by atoms with E-state index in [1.54, 1.807) is 6.20 Å². The highest BCUT2D eigenvalue weighted by molar-refractivity contribution is 6.20. The van der Waals surface area contributed by atoms with Gasteiger partial charge >= 0.3 is 0 Å². The van der Waals surface area contributed by atoms with Gasteiger partial charge in [0.05, 0.1) is 27.9 Å². The molecule has 0 saturated heterocycles. The molecule has 1 atom stereocenters. The molecule has 8 heteroatoms. The summed E-state index contributed by atoms with van der Waals surface area (Å²) in [7, 11) is 7.24. The van der Waals surface area contributed by atoms with Crippen LogP contribution in [0.3, 0.4) is 0 Å². The van der Waals surface area contributed by atoms with Crippen molar-refractivity contribution in [1.82, 2.24) is 21.0 Å². The number of fused-ring (bicyclic) bond motifs is 1. The van der Waals surface area contributed by atoms with Crippen molar-refractivity contribution in [3.63, 3.8) is 0 Å². The average molecular weight is 505 g/mol. The molecule has 0 unspecified atom stereocenters. The van der Waals surface area contributed by atoms with Gasteiger partial charge in [0.1, 0.15) is 13.9 Å². The predicted octanol–water partition coefficient (Wildman–Crippen LogP) is 5.36. The van der Waals surface area contributed by atoms with Crippen molar-refractivity contribution < 1.29 is 0 Å². The molecule has 194 valence electrons. The normalized spacial score (nSPS) is 14.8. The molecule has 0 spiro atoms. The molecule has 0 aliphatic carbocycles. The number of hydrogen-bond donors (Lipinski definition) is 4. The monoisotopic (exact) mass is 505 g/mol. The Labute approximate surface area is 227 Å². The summed E-state index contributed by atoms with van der Waals surface area (Å²) in [5.74, 6) is 0. The highest BCUT2D eigenvalue weighted by Crippen LogP contribution is 2.36. The number of nitrogens with one attached hydrogen (secondary N) is 4. The molecule has 0 bridgehead atoms. The molecule has 0 fully saturated rings. The summed E-state index contributed by atoms with van der Waals surface area (Å²) < 4.78 is 0. The lowest BCUT2D eigenvalue weighted by atomic mass is 9.68. The molecule has 1 aliphatic rings. The number of hydrazine groups is 2. The molecule has 2 radical (unpaired) electrons. The second kappa shape index (κ2) is 10.8. The lowest BCUT2D eigenvalue weighted by Crippen LogP contribution is -2.45. The van der Waals surface area contributed by atoms with E-state index in [2.05, 4.69) is 73.0 Å². The summed E-state index contributed by atoms with van der Waals surface area (Å²) in [5, 5.41) is 19.8. The van der Waals surface area contributed by atoms with Crippen LogP contribution in [0, 0.1) is 30.6 Å². The van der Waals surface area contributed by atoms with Gasteiger partial charge in [-0.1, -0.05) is 51.1 Å². The van der Waals surface area contributed by atoms with Gasteiger partial charge in [-0.05, 0) is 54.5 Å². The Balaban J connectivity index is 1.83. The number of nitriles is 1. The van der Waals surface area contributed by atoms with Gasteiger partial charge in [0.2, 0.25) is 0 Å². The highest BCUT2D eigenvalue weighted by Gasteiger charge is 2.35. The molecule has 4 rings (SSSR count). The van der Waals surface area contributed by atoms with Crippen LogP contribution >= 0.6 is 0 Å². The van der Waals surface area contributed by atoms with Gasteiger partial charge in [0.15, 0.2) is 0 Å². The lowest BCUT2D eigenvalue weighted by Gasteiger charge is -2.35. The first-order valence-electron chi connectivity index (χ1n) is 12.9. The zero-order valence-electron chi connectivity index (χ0n) is 22.9. The summed E-state index contributed by atoms with van der Waals surface area (Å²) >= 11 is 0. The van der Waals surface area contributed by atoms with Gasteiger partial charge < -0.3 is 16.1 Å². The van der Waals surface area contributed by atoms with E-state index in [0.29, 0.717) is 12.1 Å². The number of benzene rings is 2. The Morgan fingerprint density at radius 1 is 1.18 bits per heavy atom. The molecule has 2 aromatic carbocycles. The van der Waals surface area contributed by atoms with Crippen molar-refractivity contribution in [1.29, 1.82) is 5.26 Å². The fraction of sp³-hybridized carbons (Fsp3) is 0.333. The summed E-state index contributed by atoms with van der Waals surface area (Å²) in [5.41, 5.74) is 12.2. The molecular weight excluding hydrogens is 469 g/mol. The second-order valence-electron chi connectivity index (χ2n) is 11.1. The van der Waals surface area contributed by atoms with Crippen LogP contribution in [-0.4, -0.2) is 30.9 Å². The van der Waals surface area contributed by atoms with Gasteiger partial charge in [-0.25, -0.2) is 0 Å². The van der Waals surface area contributed by atoms with E-state index >= 15 is 0 Å². The lowest BCUT2D eigenvalue weighted by molar-refractivity contribution is 0.274. The van der Waals surface area contributed by atoms with E-state index in [4.69, 9.17) is 7.85 Å². The largest absolute Gasteiger partial charge is 0.383 e. The van der Waals surface area contributed by atoms with E-state index in [0.717, 1.165) is 57.6 Å². The maximum Gasteiger partial charge on any atom is 0.119 e. The maximum atomic E-state index is 9.84. The summed E-state index contributed by atoms with van der Waals surface area (Å²) in [6.07, 6.45) is 6.35. The minimum absolute atomic E-state index is 0.0373. The Hall–Kier alpha value is -3.96.